The Kier molecular flexibility index (Phi) is 4.75. The van der Waals surface area contributed by atoms with Gasteiger partial charge in [-0.25, -0.2) is 0 Å². The number of methoxy groups -OCH3 is 2. The number of ether oxygens (including phenoxy) is 2. The van der Waals surface area contributed by atoms with Crippen LogP contribution in [0.4, 0.5) is 0 Å². The Hall–Kier alpha value is -2.95. The fraction of sp³-hybridized carbons (Fsp3) is 0.318. The summed E-state index contributed by atoms with van der Waals surface area (Å²) in [6, 6.07) is 11.6. The lowest BCUT2D eigenvalue weighted by Crippen LogP contribution is -2.23. The molecule has 0 aliphatic heterocycles. The number of benzene rings is 2. The smallest absolute Gasteiger partial charge is 0.255 e. The number of amides is 1. The minimum Gasteiger partial charge on any atom is -0.497 e. The highest BCUT2D eigenvalue weighted by Crippen LogP contribution is 2.30. The maximum Gasteiger partial charge on any atom is 0.255 e. The highest BCUT2D eigenvalue weighted by Gasteiger charge is 2.16. The van der Waals surface area contributed by atoms with Gasteiger partial charge in [-0.2, -0.15) is 0 Å². The molecule has 0 fully saturated rings. The molecule has 0 saturated heterocycles. The summed E-state index contributed by atoms with van der Waals surface area (Å²) in [6.45, 7) is 0.476. The van der Waals surface area contributed by atoms with E-state index in [4.69, 9.17) is 9.47 Å². The number of hydrogen-bond acceptors (Lipinski definition) is 3. The third-order valence-corrected chi connectivity index (χ3v) is 5.27. The summed E-state index contributed by atoms with van der Waals surface area (Å²) in [5, 5.41) is 4.28. The van der Waals surface area contributed by atoms with E-state index in [-0.39, 0.29) is 5.91 Å². The molecule has 1 aromatic heterocycles. The van der Waals surface area contributed by atoms with Crippen LogP contribution in [0.5, 0.6) is 11.5 Å². The summed E-state index contributed by atoms with van der Waals surface area (Å²) in [5.74, 6) is 0.999. The van der Waals surface area contributed by atoms with E-state index in [1.165, 1.54) is 35.0 Å². The number of aromatic nitrogens is 1. The molecular weight excluding hydrogens is 340 g/mol. The number of rotatable bonds is 5. The lowest BCUT2D eigenvalue weighted by atomic mass is 9.95. The van der Waals surface area contributed by atoms with Gasteiger partial charge >= 0.3 is 0 Å². The molecule has 2 aromatic carbocycles. The molecule has 0 unspecified atom stereocenters. The van der Waals surface area contributed by atoms with Crippen molar-refractivity contribution in [3.63, 3.8) is 0 Å². The molecule has 140 valence electrons. The minimum absolute atomic E-state index is 0.161. The van der Waals surface area contributed by atoms with Crippen molar-refractivity contribution in [2.45, 2.75) is 32.2 Å². The number of aryl methyl sites for hydroxylation is 2. The van der Waals surface area contributed by atoms with Crippen LogP contribution in [-0.2, 0) is 19.4 Å². The molecular formula is C22H24N2O3. The van der Waals surface area contributed by atoms with Gasteiger partial charge in [0, 0.05) is 29.2 Å². The summed E-state index contributed by atoms with van der Waals surface area (Å²) in [6.07, 6.45) is 4.77. The fourth-order valence-electron chi connectivity index (χ4n) is 3.83. The van der Waals surface area contributed by atoms with Gasteiger partial charge in [0.2, 0.25) is 0 Å². The maximum absolute atomic E-state index is 12.6. The highest BCUT2D eigenvalue weighted by molar-refractivity contribution is 5.97. The second-order valence-electron chi connectivity index (χ2n) is 6.92. The number of fused-ring (bicyclic) bond motifs is 3. The van der Waals surface area contributed by atoms with E-state index in [9.17, 15) is 4.79 Å². The van der Waals surface area contributed by atoms with Gasteiger partial charge in [-0.1, -0.05) is 6.07 Å². The quantitative estimate of drug-likeness (QED) is 0.719. The summed E-state index contributed by atoms with van der Waals surface area (Å²) < 4.78 is 10.5. The SMILES string of the molecule is COc1ccc(C(=O)NCc2ccc3[nH]c4c(c3c2)CCCC4)c(OC)c1. The van der Waals surface area contributed by atoms with Crippen LogP contribution >= 0.6 is 0 Å². The van der Waals surface area contributed by atoms with E-state index in [0.717, 1.165) is 18.4 Å². The lowest BCUT2D eigenvalue weighted by Gasteiger charge is -2.12. The van der Waals surface area contributed by atoms with E-state index in [1.54, 1.807) is 32.4 Å². The third-order valence-electron chi connectivity index (χ3n) is 5.27. The van der Waals surface area contributed by atoms with Gasteiger partial charge in [0.25, 0.3) is 5.91 Å². The van der Waals surface area contributed by atoms with Crippen LogP contribution in [0.15, 0.2) is 36.4 Å². The zero-order chi connectivity index (χ0) is 18.8. The lowest BCUT2D eigenvalue weighted by molar-refractivity contribution is 0.0948. The first-order valence-electron chi connectivity index (χ1n) is 9.32. The van der Waals surface area contributed by atoms with E-state index in [2.05, 4.69) is 28.5 Å². The molecule has 0 radical (unpaired) electrons. The summed E-state index contributed by atoms with van der Waals surface area (Å²) in [4.78, 5) is 16.1. The Bertz CT molecular complexity index is 991. The summed E-state index contributed by atoms with van der Waals surface area (Å²) in [5.41, 5.74) is 5.60. The van der Waals surface area contributed by atoms with Crippen LogP contribution in [0.25, 0.3) is 10.9 Å². The first-order chi connectivity index (χ1) is 13.2. The Morgan fingerprint density at radius 3 is 2.74 bits per heavy atom. The zero-order valence-electron chi connectivity index (χ0n) is 15.7. The zero-order valence-corrected chi connectivity index (χ0v) is 15.7. The van der Waals surface area contributed by atoms with Gasteiger partial charge in [0.15, 0.2) is 0 Å². The Balaban J connectivity index is 1.52. The van der Waals surface area contributed by atoms with E-state index in [0.29, 0.717) is 23.6 Å². The molecule has 3 aromatic rings. The van der Waals surface area contributed by atoms with Gasteiger partial charge in [0.05, 0.1) is 19.8 Å². The molecule has 5 nitrogen and oxygen atoms in total. The minimum atomic E-state index is -0.161. The molecule has 0 atom stereocenters. The average Bonchev–Trinajstić information content (AvgIpc) is 3.09. The number of carbonyl (C=O) groups excluding carboxylic acids is 1. The van der Waals surface area contributed by atoms with Crippen molar-refractivity contribution >= 4 is 16.8 Å². The molecule has 0 spiro atoms. The first kappa shape index (κ1) is 17.5. The van der Waals surface area contributed by atoms with E-state index in [1.807, 2.05) is 0 Å². The molecule has 1 aliphatic rings. The van der Waals surface area contributed by atoms with Crippen molar-refractivity contribution < 1.29 is 14.3 Å². The van der Waals surface area contributed by atoms with Crippen molar-refractivity contribution in [1.29, 1.82) is 0 Å². The van der Waals surface area contributed by atoms with Gasteiger partial charge in [0.1, 0.15) is 11.5 Å². The molecule has 4 rings (SSSR count). The second-order valence-corrected chi connectivity index (χ2v) is 6.92. The van der Waals surface area contributed by atoms with E-state index < -0.39 is 0 Å². The molecule has 1 aliphatic carbocycles. The predicted octanol–water partition coefficient (Wildman–Crippen LogP) is 3.99. The fourth-order valence-corrected chi connectivity index (χ4v) is 3.83. The number of nitrogens with one attached hydrogen (secondary N) is 2. The van der Waals surface area contributed by atoms with Gasteiger partial charge in [-0.15, -0.1) is 0 Å². The van der Waals surface area contributed by atoms with Crippen LogP contribution in [0.2, 0.25) is 0 Å². The molecule has 1 heterocycles. The normalized spacial score (nSPS) is 13.3. The third kappa shape index (κ3) is 3.37. The van der Waals surface area contributed by atoms with Crippen molar-refractivity contribution in [1.82, 2.24) is 10.3 Å². The number of hydrogen-bond donors (Lipinski definition) is 2. The Morgan fingerprint density at radius 1 is 1.07 bits per heavy atom. The predicted molar refractivity (Wildman–Crippen MR) is 106 cm³/mol. The van der Waals surface area contributed by atoms with E-state index >= 15 is 0 Å². The number of H-pyrrole nitrogens is 1. The van der Waals surface area contributed by atoms with Crippen molar-refractivity contribution in [3.8, 4) is 11.5 Å². The van der Waals surface area contributed by atoms with Crippen LogP contribution < -0.4 is 14.8 Å². The van der Waals surface area contributed by atoms with Gasteiger partial charge < -0.3 is 19.8 Å². The standard InChI is InChI=1S/C22H24N2O3/c1-26-15-8-9-17(21(12-15)27-2)22(25)23-13-14-7-10-20-18(11-14)16-5-3-4-6-19(16)24-20/h7-12,24H,3-6,13H2,1-2H3,(H,23,25). The molecule has 5 heteroatoms. The molecule has 27 heavy (non-hydrogen) atoms. The largest absolute Gasteiger partial charge is 0.497 e. The Labute approximate surface area is 158 Å². The highest BCUT2D eigenvalue weighted by atomic mass is 16.5. The topological polar surface area (TPSA) is 63.3 Å². The van der Waals surface area contributed by atoms with Gasteiger partial charge in [-0.3, -0.25) is 4.79 Å². The van der Waals surface area contributed by atoms with Crippen LogP contribution in [0.3, 0.4) is 0 Å². The second kappa shape index (κ2) is 7.35. The monoisotopic (exact) mass is 364 g/mol. The first-order valence-corrected chi connectivity index (χ1v) is 9.32. The van der Waals surface area contributed by atoms with Crippen LogP contribution in [0, 0.1) is 0 Å². The molecule has 1 amide bonds. The van der Waals surface area contributed by atoms with Crippen molar-refractivity contribution in [2.75, 3.05) is 14.2 Å². The van der Waals surface area contributed by atoms with Gasteiger partial charge in [-0.05, 0) is 61.1 Å². The van der Waals surface area contributed by atoms with Crippen LogP contribution in [0.1, 0.15) is 40.0 Å². The van der Waals surface area contributed by atoms with Crippen LogP contribution in [-0.4, -0.2) is 25.1 Å². The molecule has 0 saturated carbocycles. The molecule has 2 N–H and O–H groups in total. The maximum atomic E-state index is 12.6. The average molecular weight is 364 g/mol. The van der Waals surface area contributed by atoms with Crippen molar-refractivity contribution in [3.05, 3.63) is 58.8 Å². The summed E-state index contributed by atoms with van der Waals surface area (Å²) in [7, 11) is 3.14. The summed E-state index contributed by atoms with van der Waals surface area (Å²) >= 11 is 0. The molecule has 0 bridgehead atoms. The number of aromatic amines is 1. The number of carbonyl (C=O) groups is 1. The van der Waals surface area contributed by atoms with Crippen molar-refractivity contribution in [2.24, 2.45) is 0 Å². The Morgan fingerprint density at radius 2 is 1.93 bits per heavy atom.